The molecule has 0 aromatic heterocycles. The molecular weight excluding hydrogens is 305 g/mol. The van der Waals surface area contributed by atoms with E-state index in [9.17, 15) is 9.18 Å². The highest BCUT2D eigenvalue weighted by Gasteiger charge is 2.20. The van der Waals surface area contributed by atoms with Gasteiger partial charge < -0.3 is 10.1 Å². The topological polar surface area (TPSA) is 38.3 Å². The van der Waals surface area contributed by atoms with E-state index in [1.54, 1.807) is 12.1 Å². The summed E-state index contributed by atoms with van der Waals surface area (Å²) in [4.78, 5) is 12.5. The van der Waals surface area contributed by atoms with Crippen molar-refractivity contribution in [1.29, 1.82) is 0 Å². The number of hydrogen-bond donors (Lipinski definition) is 1. The van der Waals surface area contributed by atoms with Crippen LogP contribution < -0.4 is 10.1 Å². The minimum Gasteiger partial charge on any atom is -0.481 e. The lowest BCUT2D eigenvalue weighted by Crippen LogP contribution is -2.39. The van der Waals surface area contributed by atoms with Gasteiger partial charge in [0.25, 0.3) is 5.91 Å². The first-order valence-corrected chi connectivity index (χ1v) is 8.20. The van der Waals surface area contributed by atoms with Crippen LogP contribution in [0.15, 0.2) is 42.5 Å². The van der Waals surface area contributed by atoms with E-state index < -0.39 is 6.10 Å². The lowest BCUT2D eigenvalue weighted by Gasteiger charge is -2.21. The molecular formula is C20H24FNO2. The molecule has 2 rings (SSSR count). The summed E-state index contributed by atoms with van der Waals surface area (Å²) >= 11 is 0. The molecule has 2 aromatic rings. The van der Waals surface area contributed by atoms with Gasteiger partial charge in [-0.15, -0.1) is 0 Å². The molecule has 0 spiro atoms. The van der Waals surface area contributed by atoms with Gasteiger partial charge in [0.05, 0.1) is 6.04 Å². The third-order valence-electron chi connectivity index (χ3n) is 4.15. The maximum absolute atomic E-state index is 13.0. The Hall–Kier alpha value is -2.36. The number of benzene rings is 2. The highest BCUT2D eigenvalue weighted by Crippen LogP contribution is 2.19. The second-order valence-corrected chi connectivity index (χ2v) is 6.04. The highest BCUT2D eigenvalue weighted by molar-refractivity contribution is 5.81. The zero-order valence-electron chi connectivity index (χ0n) is 14.6. The molecule has 1 N–H and O–H groups in total. The average molecular weight is 329 g/mol. The minimum absolute atomic E-state index is 0.174. The summed E-state index contributed by atoms with van der Waals surface area (Å²) in [6.45, 7) is 7.83. The maximum atomic E-state index is 13.0. The van der Waals surface area contributed by atoms with Crippen LogP contribution in [0, 0.1) is 19.7 Å². The summed E-state index contributed by atoms with van der Waals surface area (Å²) in [7, 11) is 0. The fraction of sp³-hybridized carbons (Fsp3) is 0.350. The molecule has 4 heteroatoms. The number of halogens is 1. The summed E-state index contributed by atoms with van der Waals surface area (Å²) in [5, 5.41) is 2.93. The Bertz CT molecular complexity index is 697. The predicted molar refractivity (Wildman–Crippen MR) is 93.6 cm³/mol. The molecule has 2 aromatic carbocycles. The summed E-state index contributed by atoms with van der Waals surface area (Å²) in [5.41, 5.74) is 3.16. The summed E-state index contributed by atoms with van der Waals surface area (Å²) in [6, 6.07) is 11.7. The smallest absolute Gasteiger partial charge is 0.261 e. The second kappa shape index (κ2) is 7.95. The van der Waals surface area contributed by atoms with Crippen LogP contribution in [0.3, 0.4) is 0 Å². The van der Waals surface area contributed by atoms with E-state index in [0.29, 0.717) is 12.2 Å². The third kappa shape index (κ3) is 4.57. The summed E-state index contributed by atoms with van der Waals surface area (Å²) in [6.07, 6.45) is 0.00420. The molecule has 24 heavy (non-hydrogen) atoms. The molecule has 0 heterocycles. The van der Waals surface area contributed by atoms with Gasteiger partial charge in [-0.2, -0.15) is 0 Å². The Kier molecular flexibility index (Phi) is 5.96. The summed E-state index contributed by atoms with van der Waals surface area (Å²) < 4.78 is 18.8. The molecule has 128 valence electrons. The van der Waals surface area contributed by atoms with E-state index in [1.165, 1.54) is 17.7 Å². The number of amides is 1. The molecule has 0 unspecified atom stereocenters. The number of aryl methyl sites for hydroxylation is 2. The van der Waals surface area contributed by atoms with E-state index in [4.69, 9.17) is 4.74 Å². The molecule has 0 saturated heterocycles. The molecule has 0 fully saturated rings. The van der Waals surface area contributed by atoms with E-state index >= 15 is 0 Å². The van der Waals surface area contributed by atoms with Gasteiger partial charge >= 0.3 is 0 Å². The van der Waals surface area contributed by atoms with Gasteiger partial charge in [-0.3, -0.25) is 4.79 Å². The van der Waals surface area contributed by atoms with E-state index in [0.717, 1.165) is 11.1 Å². The maximum Gasteiger partial charge on any atom is 0.261 e. The van der Waals surface area contributed by atoms with Gasteiger partial charge in [-0.1, -0.05) is 25.1 Å². The molecule has 0 aliphatic heterocycles. The Balaban J connectivity index is 2.02. The van der Waals surface area contributed by atoms with Gasteiger partial charge in [-0.05, 0) is 68.1 Å². The standard InChI is InChI=1S/C20H24FNO2/c1-5-19(24-18-11-6-13(2)14(3)12-18)20(23)22-15(4)16-7-9-17(21)10-8-16/h6-12,15,19H,5H2,1-4H3,(H,22,23)/t15-,19-/m0/s1. The zero-order valence-corrected chi connectivity index (χ0v) is 14.6. The van der Waals surface area contributed by atoms with Crippen molar-refractivity contribution in [2.75, 3.05) is 0 Å². The van der Waals surface area contributed by atoms with Crippen LogP contribution in [0.5, 0.6) is 5.75 Å². The van der Waals surface area contributed by atoms with Crippen molar-refractivity contribution in [3.05, 3.63) is 65.0 Å². The SMILES string of the molecule is CC[C@H](Oc1ccc(C)c(C)c1)C(=O)N[C@@H](C)c1ccc(F)cc1. The number of ether oxygens (including phenoxy) is 1. The van der Waals surface area contributed by atoms with Crippen LogP contribution in [0.4, 0.5) is 4.39 Å². The number of carbonyl (C=O) groups excluding carboxylic acids is 1. The van der Waals surface area contributed by atoms with Crippen molar-refractivity contribution in [2.45, 2.75) is 46.3 Å². The monoisotopic (exact) mass is 329 g/mol. The Morgan fingerprint density at radius 1 is 1.12 bits per heavy atom. The Morgan fingerprint density at radius 2 is 1.79 bits per heavy atom. The van der Waals surface area contributed by atoms with Crippen LogP contribution in [0.2, 0.25) is 0 Å². The first kappa shape index (κ1) is 18.0. The van der Waals surface area contributed by atoms with Crippen LogP contribution in [0.25, 0.3) is 0 Å². The van der Waals surface area contributed by atoms with Gasteiger partial charge in [0.2, 0.25) is 0 Å². The largest absolute Gasteiger partial charge is 0.481 e. The van der Waals surface area contributed by atoms with Crippen molar-refractivity contribution in [3.8, 4) is 5.75 Å². The van der Waals surface area contributed by atoms with Gasteiger partial charge in [0.15, 0.2) is 6.10 Å². The number of rotatable bonds is 6. The molecule has 1 amide bonds. The minimum atomic E-state index is -0.560. The van der Waals surface area contributed by atoms with Crippen LogP contribution in [-0.4, -0.2) is 12.0 Å². The van der Waals surface area contributed by atoms with E-state index in [1.807, 2.05) is 45.9 Å². The molecule has 0 aliphatic carbocycles. The quantitative estimate of drug-likeness (QED) is 0.849. The van der Waals surface area contributed by atoms with Gasteiger partial charge in [0.1, 0.15) is 11.6 Å². The first-order valence-electron chi connectivity index (χ1n) is 8.20. The molecule has 0 bridgehead atoms. The molecule has 0 aliphatic rings. The number of hydrogen-bond acceptors (Lipinski definition) is 2. The van der Waals surface area contributed by atoms with Crippen LogP contribution in [-0.2, 0) is 4.79 Å². The van der Waals surface area contributed by atoms with Crippen molar-refractivity contribution < 1.29 is 13.9 Å². The predicted octanol–water partition coefficient (Wildman–Crippen LogP) is 4.48. The number of carbonyl (C=O) groups is 1. The normalized spacial score (nSPS) is 13.2. The fourth-order valence-electron chi connectivity index (χ4n) is 2.41. The average Bonchev–Trinajstić information content (AvgIpc) is 2.56. The first-order chi connectivity index (χ1) is 11.4. The molecule has 2 atom stereocenters. The molecule has 0 radical (unpaired) electrons. The number of nitrogens with one attached hydrogen (secondary N) is 1. The van der Waals surface area contributed by atoms with Gasteiger partial charge in [-0.25, -0.2) is 4.39 Å². The van der Waals surface area contributed by atoms with E-state index in [-0.39, 0.29) is 17.8 Å². The Labute approximate surface area is 142 Å². The highest BCUT2D eigenvalue weighted by atomic mass is 19.1. The van der Waals surface area contributed by atoms with Crippen molar-refractivity contribution in [2.24, 2.45) is 0 Å². The van der Waals surface area contributed by atoms with Crippen molar-refractivity contribution in [1.82, 2.24) is 5.32 Å². The molecule has 0 saturated carbocycles. The zero-order chi connectivity index (χ0) is 17.7. The lowest BCUT2D eigenvalue weighted by atomic mass is 10.1. The summed E-state index contributed by atoms with van der Waals surface area (Å²) in [5.74, 6) is 0.226. The lowest BCUT2D eigenvalue weighted by molar-refractivity contribution is -0.128. The fourth-order valence-corrected chi connectivity index (χ4v) is 2.41. The molecule has 3 nitrogen and oxygen atoms in total. The Morgan fingerprint density at radius 3 is 2.38 bits per heavy atom. The third-order valence-corrected chi connectivity index (χ3v) is 4.15. The van der Waals surface area contributed by atoms with Crippen molar-refractivity contribution in [3.63, 3.8) is 0 Å². The van der Waals surface area contributed by atoms with Crippen molar-refractivity contribution >= 4 is 5.91 Å². The van der Waals surface area contributed by atoms with Gasteiger partial charge in [0, 0.05) is 0 Å². The second-order valence-electron chi connectivity index (χ2n) is 6.04. The van der Waals surface area contributed by atoms with Crippen LogP contribution >= 0.6 is 0 Å². The van der Waals surface area contributed by atoms with Crippen LogP contribution in [0.1, 0.15) is 43.0 Å². The van der Waals surface area contributed by atoms with E-state index in [2.05, 4.69) is 5.32 Å².